The lowest BCUT2D eigenvalue weighted by Gasteiger charge is -2.30. The molecule has 0 saturated carbocycles. The summed E-state index contributed by atoms with van der Waals surface area (Å²) in [6, 6.07) is 7.26. The molecule has 2 N–H and O–H groups in total. The third-order valence-corrected chi connectivity index (χ3v) is 6.76. The Morgan fingerprint density at radius 2 is 2.09 bits per heavy atom. The molecule has 32 heavy (non-hydrogen) atoms. The van der Waals surface area contributed by atoms with Gasteiger partial charge in [0.05, 0.1) is 28.4 Å². The van der Waals surface area contributed by atoms with Gasteiger partial charge in [-0.15, -0.1) is 11.3 Å². The monoisotopic (exact) mass is 468 g/mol. The lowest BCUT2D eigenvalue weighted by Crippen LogP contribution is -2.40. The average Bonchev–Trinajstić information content (AvgIpc) is 3.28. The quantitative estimate of drug-likeness (QED) is 0.465. The Hall–Kier alpha value is -2.88. The van der Waals surface area contributed by atoms with E-state index in [-0.39, 0.29) is 18.1 Å². The number of pyridine rings is 1. The summed E-state index contributed by atoms with van der Waals surface area (Å²) in [5.41, 5.74) is 3.46. The number of rotatable bonds is 4. The Morgan fingerprint density at radius 3 is 2.91 bits per heavy atom. The Labute approximate surface area is 193 Å². The Bertz CT molecular complexity index is 1300. The molecule has 1 unspecified atom stereocenters. The van der Waals surface area contributed by atoms with Gasteiger partial charge in [0, 0.05) is 18.5 Å². The summed E-state index contributed by atoms with van der Waals surface area (Å²) in [6.07, 6.45) is 2.26. The number of aliphatic hydroxyl groups excluding tert-OH is 1. The highest BCUT2D eigenvalue weighted by Gasteiger charge is 2.26. The molecule has 1 aliphatic heterocycles. The van der Waals surface area contributed by atoms with Crippen LogP contribution in [-0.4, -0.2) is 55.0 Å². The van der Waals surface area contributed by atoms with Gasteiger partial charge in [0.25, 0.3) is 5.91 Å². The van der Waals surface area contributed by atoms with Gasteiger partial charge in [0.1, 0.15) is 22.4 Å². The number of nitrogens with one attached hydrogen (secondary N) is 1. The smallest absolute Gasteiger partial charge is 0.273 e. The fourth-order valence-electron chi connectivity index (χ4n) is 3.96. The number of amides is 1. The molecule has 4 aromatic rings. The molecule has 1 atom stereocenters. The second-order valence-electron chi connectivity index (χ2n) is 7.85. The Kier molecular flexibility index (Phi) is 5.62. The van der Waals surface area contributed by atoms with Gasteiger partial charge in [-0.25, -0.2) is 19.9 Å². The number of aliphatic hydroxyl groups is 1. The van der Waals surface area contributed by atoms with Crippen LogP contribution in [0.5, 0.6) is 0 Å². The second-order valence-corrected chi connectivity index (χ2v) is 9.09. The van der Waals surface area contributed by atoms with Gasteiger partial charge in [0.15, 0.2) is 5.82 Å². The topological polar surface area (TPSA) is 104 Å². The van der Waals surface area contributed by atoms with Crippen molar-refractivity contribution in [3.63, 3.8) is 0 Å². The van der Waals surface area contributed by atoms with E-state index in [9.17, 15) is 9.90 Å². The number of anilines is 1. The first-order valence-electron chi connectivity index (χ1n) is 10.4. The predicted octanol–water partition coefficient (Wildman–Crippen LogP) is 4.06. The van der Waals surface area contributed by atoms with Crippen LogP contribution in [0.3, 0.4) is 0 Å². The van der Waals surface area contributed by atoms with Gasteiger partial charge in [0.2, 0.25) is 0 Å². The van der Waals surface area contributed by atoms with Crippen molar-refractivity contribution in [3.8, 4) is 0 Å². The maximum atomic E-state index is 13.4. The minimum atomic E-state index is -0.363. The van der Waals surface area contributed by atoms with E-state index in [0.717, 1.165) is 10.2 Å². The summed E-state index contributed by atoms with van der Waals surface area (Å²) in [4.78, 5) is 33.6. The van der Waals surface area contributed by atoms with E-state index in [2.05, 4.69) is 20.3 Å². The molecule has 0 spiro atoms. The van der Waals surface area contributed by atoms with Crippen molar-refractivity contribution >= 4 is 55.8 Å². The molecule has 0 bridgehead atoms. The standard InChI is InChI=1S/C22H21ClN6O2S/c1-12(27-20-19-21(25-10-24-20)32-11-26-19)16-9-13-3-2-4-15(23)17(13)18(28-16)22(31)29-7-5-14(30)6-8-29/h2-4,9-12,14,30H,5-8H2,1H3,(H,24,25,27). The van der Waals surface area contributed by atoms with E-state index in [1.54, 1.807) is 16.5 Å². The van der Waals surface area contributed by atoms with Crippen molar-refractivity contribution < 1.29 is 9.90 Å². The molecular weight excluding hydrogens is 448 g/mol. The molecule has 0 aliphatic carbocycles. The highest BCUT2D eigenvalue weighted by molar-refractivity contribution is 7.16. The first kappa shape index (κ1) is 21.0. The van der Waals surface area contributed by atoms with Gasteiger partial charge in [-0.05, 0) is 37.3 Å². The van der Waals surface area contributed by atoms with E-state index in [0.29, 0.717) is 59.1 Å². The molecule has 8 nitrogen and oxygen atoms in total. The van der Waals surface area contributed by atoms with Crippen LogP contribution in [0.15, 0.2) is 36.1 Å². The third-order valence-electron chi connectivity index (χ3n) is 5.71. The third kappa shape index (κ3) is 3.87. The molecule has 1 amide bonds. The fourth-order valence-corrected chi connectivity index (χ4v) is 4.86. The average molecular weight is 469 g/mol. The zero-order valence-corrected chi connectivity index (χ0v) is 18.9. The van der Waals surface area contributed by atoms with Crippen LogP contribution in [0.2, 0.25) is 5.02 Å². The number of hydrogen-bond acceptors (Lipinski definition) is 8. The number of benzene rings is 1. The molecule has 4 heterocycles. The normalized spacial score (nSPS) is 15.9. The number of aromatic nitrogens is 4. The van der Waals surface area contributed by atoms with Crippen LogP contribution in [0.25, 0.3) is 21.1 Å². The van der Waals surface area contributed by atoms with Gasteiger partial charge >= 0.3 is 0 Å². The molecule has 1 aliphatic rings. The van der Waals surface area contributed by atoms with Crippen LogP contribution in [0, 0.1) is 0 Å². The van der Waals surface area contributed by atoms with E-state index in [1.165, 1.54) is 17.7 Å². The second kappa shape index (κ2) is 8.57. The summed E-state index contributed by atoms with van der Waals surface area (Å²) in [6.45, 7) is 2.95. The summed E-state index contributed by atoms with van der Waals surface area (Å²) in [7, 11) is 0. The number of carbonyl (C=O) groups is 1. The number of carbonyl (C=O) groups excluding carboxylic acids is 1. The number of thiazole rings is 1. The van der Waals surface area contributed by atoms with Crippen molar-refractivity contribution in [1.82, 2.24) is 24.8 Å². The Morgan fingerprint density at radius 1 is 1.28 bits per heavy atom. The number of nitrogens with zero attached hydrogens (tertiary/aromatic N) is 5. The van der Waals surface area contributed by atoms with Gasteiger partial charge < -0.3 is 15.3 Å². The molecule has 1 aromatic carbocycles. The largest absolute Gasteiger partial charge is 0.393 e. The van der Waals surface area contributed by atoms with Crippen LogP contribution in [0.1, 0.15) is 42.0 Å². The van der Waals surface area contributed by atoms with Gasteiger partial charge in [-0.3, -0.25) is 4.79 Å². The van der Waals surface area contributed by atoms with Crippen LogP contribution < -0.4 is 5.32 Å². The van der Waals surface area contributed by atoms with Gasteiger partial charge in [-0.1, -0.05) is 23.7 Å². The molecule has 3 aromatic heterocycles. The summed E-state index contributed by atoms with van der Waals surface area (Å²) in [5, 5.41) is 15.1. The van der Waals surface area contributed by atoms with Crippen LogP contribution in [-0.2, 0) is 0 Å². The SMILES string of the molecule is CC(Nc1ncnc2scnc12)c1cc2cccc(Cl)c2c(C(=O)N2CCC(O)CC2)n1. The number of likely N-dealkylation sites (tertiary alicyclic amines) is 1. The van der Waals surface area contributed by atoms with E-state index < -0.39 is 0 Å². The van der Waals surface area contributed by atoms with Crippen LogP contribution in [0.4, 0.5) is 5.82 Å². The van der Waals surface area contributed by atoms with Crippen molar-refractivity contribution in [2.45, 2.75) is 31.9 Å². The lowest BCUT2D eigenvalue weighted by molar-refractivity contribution is 0.0543. The maximum absolute atomic E-state index is 13.4. The Balaban J connectivity index is 1.54. The number of piperidine rings is 1. The predicted molar refractivity (Wildman–Crippen MR) is 125 cm³/mol. The van der Waals surface area contributed by atoms with E-state index >= 15 is 0 Å². The zero-order chi connectivity index (χ0) is 22.2. The van der Waals surface area contributed by atoms with Crippen molar-refractivity contribution in [3.05, 3.63) is 52.5 Å². The lowest BCUT2D eigenvalue weighted by atomic mass is 10.0. The van der Waals surface area contributed by atoms with E-state index in [1.807, 2.05) is 25.1 Å². The number of halogens is 1. The molecule has 1 saturated heterocycles. The van der Waals surface area contributed by atoms with Gasteiger partial charge in [-0.2, -0.15) is 0 Å². The molecule has 5 rings (SSSR count). The first-order valence-corrected chi connectivity index (χ1v) is 11.6. The van der Waals surface area contributed by atoms with Crippen molar-refractivity contribution in [2.24, 2.45) is 0 Å². The van der Waals surface area contributed by atoms with E-state index in [4.69, 9.17) is 16.6 Å². The van der Waals surface area contributed by atoms with Crippen molar-refractivity contribution in [2.75, 3.05) is 18.4 Å². The molecule has 10 heteroatoms. The highest BCUT2D eigenvalue weighted by atomic mass is 35.5. The molecule has 1 fully saturated rings. The number of fused-ring (bicyclic) bond motifs is 2. The van der Waals surface area contributed by atoms with Crippen molar-refractivity contribution in [1.29, 1.82) is 0 Å². The first-order chi connectivity index (χ1) is 15.5. The van der Waals surface area contributed by atoms with Crippen LogP contribution >= 0.6 is 22.9 Å². The highest BCUT2D eigenvalue weighted by Crippen LogP contribution is 2.31. The minimum Gasteiger partial charge on any atom is -0.393 e. The molecule has 164 valence electrons. The maximum Gasteiger partial charge on any atom is 0.273 e. The number of hydrogen-bond donors (Lipinski definition) is 2. The minimum absolute atomic E-state index is 0.173. The fraction of sp³-hybridized carbons (Fsp3) is 0.318. The summed E-state index contributed by atoms with van der Waals surface area (Å²) < 4.78 is 0. The summed E-state index contributed by atoms with van der Waals surface area (Å²) in [5.74, 6) is 0.447. The zero-order valence-electron chi connectivity index (χ0n) is 17.3. The molecular formula is C22H21ClN6O2S. The molecule has 0 radical (unpaired) electrons. The summed E-state index contributed by atoms with van der Waals surface area (Å²) >= 11 is 7.94.